The zero-order chi connectivity index (χ0) is 19.3. The van der Waals surface area contributed by atoms with E-state index in [0.717, 1.165) is 41.7 Å². The Labute approximate surface area is 167 Å². The summed E-state index contributed by atoms with van der Waals surface area (Å²) in [7, 11) is 0. The Morgan fingerprint density at radius 1 is 1.14 bits per heavy atom. The molecule has 3 heterocycles. The summed E-state index contributed by atoms with van der Waals surface area (Å²) in [5, 5.41) is 2.86. The number of fused-ring (bicyclic) bond motifs is 1. The van der Waals surface area contributed by atoms with Crippen molar-refractivity contribution in [3.8, 4) is 5.88 Å². The standard InChI is InChI=1S/C19H22N6O2S/c1-13-21-17(25-8-3-2-4-9-25)12-18(22-13)27-10-7-20-19(26)14-5-6-15-16(11-14)24-28-23-15/h5-6,11-12H,2-4,7-10H2,1H3,(H,20,26). The number of benzene rings is 1. The lowest BCUT2D eigenvalue weighted by molar-refractivity contribution is 0.0946. The quantitative estimate of drug-likeness (QED) is 0.638. The maximum Gasteiger partial charge on any atom is 0.251 e. The van der Waals surface area contributed by atoms with Gasteiger partial charge in [-0.1, -0.05) is 0 Å². The molecule has 1 saturated heterocycles. The number of carbonyl (C=O) groups is 1. The SMILES string of the molecule is Cc1nc(OCCNC(=O)c2ccc3nsnc3c2)cc(N2CCCCC2)n1. The fraction of sp³-hybridized carbons (Fsp3) is 0.421. The summed E-state index contributed by atoms with van der Waals surface area (Å²) in [6.45, 7) is 4.62. The van der Waals surface area contributed by atoms with Gasteiger partial charge < -0.3 is 15.0 Å². The first kappa shape index (κ1) is 18.5. The molecule has 1 aliphatic rings. The zero-order valence-corrected chi connectivity index (χ0v) is 16.5. The van der Waals surface area contributed by atoms with Crippen LogP contribution in [0.2, 0.25) is 0 Å². The van der Waals surface area contributed by atoms with E-state index in [1.807, 2.05) is 13.0 Å². The first-order valence-electron chi connectivity index (χ1n) is 9.43. The van der Waals surface area contributed by atoms with Crippen molar-refractivity contribution in [1.82, 2.24) is 24.0 Å². The van der Waals surface area contributed by atoms with Crippen LogP contribution in [0.3, 0.4) is 0 Å². The average Bonchev–Trinajstić information content (AvgIpc) is 3.19. The Morgan fingerprint density at radius 2 is 1.96 bits per heavy atom. The van der Waals surface area contributed by atoms with Crippen LogP contribution in [-0.4, -0.2) is 50.9 Å². The summed E-state index contributed by atoms with van der Waals surface area (Å²) in [5.41, 5.74) is 2.09. The third kappa shape index (κ3) is 4.36. The highest BCUT2D eigenvalue weighted by molar-refractivity contribution is 7.00. The molecule has 0 unspecified atom stereocenters. The predicted octanol–water partition coefficient (Wildman–Crippen LogP) is 2.59. The number of ether oxygens (including phenoxy) is 1. The van der Waals surface area contributed by atoms with Crippen LogP contribution < -0.4 is 15.0 Å². The predicted molar refractivity (Wildman–Crippen MR) is 108 cm³/mol. The molecule has 0 spiro atoms. The van der Waals surface area contributed by atoms with Crippen molar-refractivity contribution < 1.29 is 9.53 Å². The number of hydrogen-bond acceptors (Lipinski definition) is 8. The number of rotatable bonds is 6. The van der Waals surface area contributed by atoms with Crippen LogP contribution in [0.5, 0.6) is 5.88 Å². The molecule has 146 valence electrons. The van der Waals surface area contributed by atoms with Crippen LogP contribution in [0.1, 0.15) is 35.4 Å². The van der Waals surface area contributed by atoms with E-state index in [-0.39, 0.29) is 5.91 Å². The van der Waals surface area contributed by atoms with E-state index in [4.69, 9.17) is 4.74 Å². The van der Waals surface area contributed by atoms with E-state index in [9.17, 15) is 4.79 Å². The topological polar surface area (TPSA) is 93.1 Å². The summed E-state index contributed by atoms with van der Waals surface area (Å²) < 4.78 is 14.0. The summed E-state index contributed by atoms with van der Waals surface area (Å²) >= 11 is 1.14. The normalized spacial score (nSPS) is 14.2. The number of piperidine rings is 1. The molecule has 0 bridgehead atoms. The van der Waals surface area contributed by atoms with Gasteiger partial charge in [-0.15, -0.1) is 0 Å². The van der Waals surface area contributed by atoms with Crippen molar-refractivity contribution in [2.45, 2.75) is 26.2 Å². The molecule has 0 radical (unpaired) electrons. The molecule has 0 atom stereocenters. The lowest BCUT2D eigenvalue weighted by Crippen LogP contribution is -2.30. The zero-order valence-electron chi connectivity index (χ0n) is 15.7. The number of hydrogen-bond donors (Lipinski definition) is 1. The molecule has 9 heteroatoms. The number of carbonyl (C=O) groups excluding carboxylic acids is 1. The molecule has 2 aromatic heterocycles. The summed E-state index contributed by atoms with van der Waals surface area (Å²) in [5.74, 6) is 1.98. The molecular weight excluding hydrogens is 376 g/mol. The summed E-state index contributed by atoms with van der Waals surface area (Å²) in [6.07, 6.45) is 3.65. The summed E-state index contributed by atoms with van der Waals surface area (Å²) in [6, 6.07) is 7.17. The molecule has 0 aliphatic carbocycles. The number of amides is 1. The van der Waals surface area contributed by atoms with Gasteiger partial charge in [-0.25, -0.2) is 4.98 Å². The fourth-order valence-corrected chi connectivity index (χ4v) is 3.75. The van der Waals surface area contributed by atoms with Crippen molar-refractivity contribution >= 4 is 34.5 Å². The Hall–Kier alpha value is -2.81. The maximum atomic E-state index is 12.3. The molecule has 1 aromatic carbocycles. The second kappa shape index (κ2) is 8.47. The van der Waals surface area contributed by atoms with Crippen LogP contribution in [0.25, 0.3) is 11.0 Å². The molecule has 4 rings (SSSR count). The van der Waals surface area contributed by atoms with E-state index >= 15 is 0 Å². The largest absolute Gasteiger partial charge is 0.476 e. The first-order chi connectivity index (χ1) is 13.7. The number of aromatic nitrogens is 4. The Balaban J connectivity index is 1.31. The molecule has 1 fully saturated rings. The average molecular weight is 398 g/mol. The van der Waals surface area contributed by atoms with Crippen LogP contribution >= 0.6 is 11.7 Å². The maximum absolute atomic E-state index is 12.3. The van der Waals surface area contributed by atoms with Crippen molar-refractivity contribution in [1.29, 1.82) is 0 Å². The third-order valence-corrected chi connectivity index (χ3v) is 5.19. The minimum atomic E-state index is -0.161. The van der Waals surface area contributed by atoms with Gasteiger partial charge >= 0.3 is 0 Å². The lowest BCUT2D eigenvalue weighted by atomic mass is 10.1. The number of nitrogens with one attached hydrogen (secondary N) is 1. The smallest absolute Gasteiger partial charge is 0.251 e. The lowest BCUT2D eigenvalue weighted by Gasteiger charge is -2.28. The molecule has 1 N–H and O–H groups in total. The minimum absolute atomic E-state index is 0.161. The van der Waals surface area contributed by atoms with E-state index in [2.05, 4.69) is 28.9 Å². The van der Waals surface area contributed by atoms with Crippen LogP contribution in [-0.2, 0) is 0 Å². The van der Waals surface area contributed by atoms with E-state index in [0.29, 0.717) is 30.4 Å². The number of nitrogens with zero attached hydrogens (tertiary/aromatic N) is 5. The highest BCUT2D eigenvalue weighted by Gasteiger charge is 2.14. The van der Waals surface area contributed by atoms with Gasteiger partial charge in [-0.05, 0) is 44.4 Å². The fourth-order valence-electron chi connectivity index (χ4n) is 3.23. The number of anilines is 1. The second-order valence-corrected chi connectivity index (χ2v) is 7.26. The Kier molecular flexibility index (Phi) is 5.61. The van der Waals surface area contributed by atoms with Crippen LogP contribution in [0.15, 0.2) is 24.3 Å². The monoisotopic (exact) mass is 398 g/mol. The minimum Gasteiger partial charge on any atom is -0.476 e. The molecule has 0 saturated carbocycles. The molecule has 8 nitrogen and oxygen atoms in total. The second-order valence-electron chi connectivity index (χ2n) is 6.73. The van der Waals surface area contributed by atoms with Crippen molar-refractivity contribution in [2.24, 2.45) is 0 Å². The summed E-state index contributed by atoms with van der Waals surface area (Å²) in [4.78, 5) is 23.4. The van der Waals surface area contributed by atoms with Gasteiger partial charge in [0.25, 0.3) is 5.91 Å². The van der Waals surface area contributed by atoms with E-state index in [1.165, 1.54) is 19.3 Å². The van der Waals surface area contributed by atoms with Gasteiger partial charge in [0.05, 0.1) is 18.3 Å². The van der Waals surface area contributed by atoms with Gasteiger partial charge in [0.2, 0.25) is 5.88 Å². The number of aryl methyl sites for hydroxylation is 1. The Morgan fingerprint density at radius 3 is 2.82 bits per heavy atom. The molecule has 3 aromatic rings. The van der Waals surface area contributed by atoms with Crippen molar-refractivity contribution in [3.05, 3.63) is 35.7 Å². The molecule has 1 amide bonds. The van der Waals surface area contributed by atoms with Gasteiger partial charge in [0.15, 0.2) is 0 Å². The van der Waals surface area contributed by atoms with Gasteiger partial charge in [0.1, 0.15) is 29.3 Å². The van der Waals surface area contributed by atoms with Gasteiger partial charge in [-0.3, -0.25) is 4.79 Å². The Bertz CT molecular complexity index is 970. The highest BCUT2D eigenvalue weighted by Crippen LogP contribution is 2.21. The van der Waals surface area contributed by atoms with Crippen LogP contribution in [0.4, 0.5) is 5.82 Å². The first-order valence-corrected chi connectivity index (χ1v) is 10.2. The van der Waals surface area contributed by atoms with Crippen molar-refractivity contribution in [3.63, 3.8) is 0 Å². The van der Waals surface area contributed by atoms with E-state index < -0.39 is 0 Å². The highest BCUT2D eigenvalue weighted by atomic mass is 32.1. The molecule has 28 heavy (non-hydrogen) atoms. The third-order valence-electron chi connectivity index (χ3n) is 4.63. The van der Waals surface area contributed by atoms with E-state index in [1.54, 1.807) is 18.2 Å². The van der Waals surface area contributed by atoms with Crippen LogP contribution in [0, 0.1) is 6.92 Å². The van der Waals surface area contributed by atoms with Gasteiger partial charge in [0, 0.05) is 24.7 Å². The molecule has 1 aliphatic heterocycles. The van der Waals surface area contributed by atoms with Gasteiger partial charge in [-0.2, -0.15) is 13.7 Å². The van der Waals surface area contributed by atoms with Crippen molar-refractivity contribution in [2.75, 3.05) is 31.1 Å². The molecular formula is C19H22N6O2S.